The van der Waals surface area contributed by atoms with Gasteiger partial charge in [0.2, 0.25) is 10.0 Å². The van der Waals surface area contributed by atoms with Crippen LogP contribution in [0.3, 0.4) is 0 Å². The topological polar surface area (TPSA) is 66.9 Å². The van der Waals surface area contributed by atoms with E-state index in [4.69, 9.17) is 4.74 Å². The van der Waals surface area contributed by atoms with Crippen molar-refractivity contribution in [3.8, 4) is 0 Å². The Hall–Kier alpha value is -1.60. The fraction of sp³-hybridized carbons (Fsp3) is 0.611. The summed E-state index contributed by atoms with van der Waals surface area (Å²) in [5.74, 6) is 0. The van der Waals surface area contributed by atoms with Crippen LogP contribution in [0.2, 0.25) is 0 Å². The highest BCUT2D eigenvalue weighted by atomic mass is 32.2. The second-order valence-electron chi connectivity index (χ2n) is 6.73. The highest BCUT2D eigenvalue weighted by molar-refractivity contribution is 7.89. The lowest BCUT2D eigenvalue weighted by molar-refractivity contribution is 0.0894. The zero-order chi connectivity index (χ0) is 17.7. The standard InChI is InChI=1S/C18H26N2O4S/c21-18(24-15-16-7-3-1-4-8-16)19-13-9-17(10-14-19)25(22,23)20-11-5-2-6-12-20/h1,3-4,7-8,17H,2,5-6,9-15H2. The summed E-state index contributed by atoms with van der Waals surface area (Å²) in [6.45, 7) is 2.39. The molecule has 6 nitrogen and oxygen atoms in total. The maximum atomic E-state index is 12.7. The van der Waals surface area contributed by atoms with Gasteiger partial charge in [0.25, 0.3) is 0 Å². The smallest absolute Gasteiger partial charge is 0.410 e. The first-order chi connectivity index (χ1) is 12.1. The van der Waals surface area contributed by atoms with E-state index in [0.29, 0.717) is 39.0 Å². The number of carbonyl (C=O) groups excluding carboxylic acids is 1. The summed E-state index contributed by atoms with van der Waals surface area (Å²) in [4.78, 5) is 13.8. The number of piperidine rings is 2. The minimum Gasteiger partial charge on any atom is -0.445 e. The monoisotopic (exact) mass is 366 g/mol. The predicted molar refractivity (Wildman–Crippen MR) is 95.6 cm³/mol. The summed E-state index contributed by atoms with van der Waals surface area (Å²) in [6, 6.07) is 9.54. The molecule has 0 saturated carbocycles. The molecule has 1 amide bonds. The Balaban J connectivity index is 1.48. The van der Waals surface area contributed by atoms with E-state index >= 15 is 0 Å². The number of hydrogen-bond acceptors (Lipinski definition) is 4. The normalized spacial score (nSPS) is 20.4. The number of benzene rings is 1. The van der Waals surface area contributed by atoms with Crippen LogP contribution >= 0.6 is 0 Å². The van der Waals surface area contributed by atoms with Crippen molar-refractivity contribution in [2.45, 2.75) is 44.0 Å². The van der Waals surface area contributed by atoms with Gasteiger partial charge in [-0.2, -0.15) is 0 Å². The van der Waals surface area contributed by atoms with E-state index in [9.17, 15) is 13.2 Å². The van der Waals surface area contributed by atoms with Gasteiger partial charge in [0.05, 0.1) is 5.25 Å². The number of nitrogens with zero attached hydrogens (tertiary/aromatic N) is 2. The van der Waals surface area contributed by atoms with E-state index in [-0.39, 0.29) is 18.0 Å². The Labute approximate surface area is 149 Å². The lowest BCUT2D eigenvalue weighted by atomic mass is 10.1. The third-order valence-corrected chi connectivity index (χ3v) is 7.40. The molecule has 25 heavy (non-hydrogen) atoms. The van der Waals surface area contributed by atoms with E-state index in [2.05, 4.69) is 0 Å². The van der Waals surface area contributed by atoms with Crippen molar-refractivity contribution in [3.05, 3.63) is 35.9 Å². The van der Waals surface area contributed by atoms with Gasteiger partial charge in [-0.05, 0) is 31.2 Å². The van der Waals surface area contributed by atoms with Crippen molar-refractivity contribution in [3.63, 3.8) is 0 Å². The molecule has 2 fully saturated rings. The van der Waals surface area contributed by atoms with Gasteiger partial charge in [0, 0.05) is 26.2 Å². The number of amides is 1. The lowest BCUT2D eigenvalue weighted by Crippen LogP contribution is -2.48. The molecule has 0 radical (unpaired) electrons. The molecular weight excluding hydrogens is 340 g/mol. The Morgan fingerprint density at radius 1 is 1.00 bits per heavy atom. The summed E-state index contributed by atoms with van der Waals surface area (Å²) in [6.07, 6.45) is 3.61. The Kier molecular flexibility index (Phi) is 5.96. The molecule has 2 aliphatic heterocycles. The number of rotatable bonds is 4. The first-order valence-electron chi connectivity index (χ1n) is 9.02. The number of likely N-dealkylation sites (tertiary alicyclic amines) is 1. The van der Waals surface area contributed by atoms with Crippen LogP contribution in [0.1, 0.15) is 37.7 Å². The predicted octanol–water partition coefficient (Wildman–Crippen LogP) is 2.60. The van der Waals surface area contributed by atoms with Crippen molar-refractivity contribution in [1.29, 1.82) is 0 Å². The van der Waals surface area contributed by atoms with Crippen LogP contribution < -0.4 is 0 Å². The average Bonchev–Trinajstić information content (AvgIpc) is 2.68. The highest BCUT2D eigenvalue weighted by Gasteiger charge is 2.36. The zero-order valence-electron chi connectivity index (χ0n) is 14.5. The number of hydrogen-bond donors (Lipinski definition) is 0. The first kappa shape index (κ1) is 18.2. The van der Waals surface area contributed by atoms with Crippen molar-refractivity contribution in [1.82, 2.24) is 9.21 Å². The molecule has 2 saturated heterocycles. The average molecular weight is 366 g/mol. The fourth-order valence-corrected chi connectivity index (χ4v) is 5.47. The van der Waals surface area contributed by atoms with Crippen molar-refractivity contribution >= 4 is 16.1 Å². The third kappa shape index (κ3) is 4.52. The quantitative estimate of drug-likeness (QED) is 0.821. The first-order valence-corrected chi connectivity index (χ1v) is 10.5. The molecule has 1 aromatic carbocycles. The van der Waals surface area contributed by atoms with Crippen LogP contribution in [0.4, 0.5) is 4.79 Å². The Bertz CT molecular complexity index is 664. The van der Waals surface area contributed by atoms with Gasteiger partial charge in [-0.1, -0.05) is 36.8 Å². The van der Waals surface area contributed by atoms with Gasteiger partial charge in [-0.15, -0.1) is 0 Å². The molecule has 7 heteroatoms. The molecule has 0 unspecified atom stereocenters. The molecule has 0 spiro atoms. The molecule has 0 aromatic heterocycles. The molecule has 0 bridgehead atoms. The van der Waals surface area contributed by atoms with Crippen molar-refractivity contribution < 1.29 is 17.9 Å². The molecule has 0 atom stereocenters. The Morgan fingerprint density at radius 2 is 1.64 bits per heavy atom. The SMILES string of the molecule is O=C(OCc1ccccc1)N1CCC(S(=O)(=O)N2CCCCC2)CC1. The molecule has 2 heterocycles. The number of sulfonamides is 1. The van der Waals surface area contributed by atoms with Gasteiger partial charge < -0.3 is 9.64 Å². The third-order valence-electron chi connectivity index (χ3n) is 5.00. The van der Waals surface area contributed by atoms with Gasteiger partial charge in [0.1, 0.15) is 6.61 Å². The molecule has 2 aliphatic rings. The van der Waals surface area contributed by atoms with E-state index in [0.717, 1.165) is 24.8 Å². The maximum Gasteiger partial charge on any atom is 0.410 e. The summed E-state index contributed by atoms with van der Waals surface area (Å²) in [5.41, 5.74) is 0.943. The van der Waals surface area contributed by atoms with Crippen LogP contribution in [0.25, 0.3) is 0 Å². The van der Waals surface area contributed by atoms with Crippen molar-refractivity contribution in [2.75, 3.05) is 26.2 Å². The molecule has 1 aromatic rings. The van der Waals surface area contributed by atoms with Crippen LogP contribution in [0.5, 0.6) is 0 Å². The second-order valence-corrected chi connectivity index (χ2v) is 8.94. The van der Waals surface area contributed by atoms with E-state index in [1.807, 2.05) is 30.3 Å². The lowest BCUT2D eigenvalue weighted by Gasteiger charge is -2.35. The van der Waals surface area contributed by atoms with Crippen LogP contribution in [-0.2, 0) is 21.4 Å². The van der Waals surface area contributed by atoms with Crippen LogP contribution in [0, 0.1) is 0 Å². The van der Waals surface area contributed by atoms with Gasteiger partial charge in [-0.25, -0.2) is 17.5 Å². The molecule has 3 rings (SSSR count). The van der Waals surface area contributed by atoms with E-state index < -0.39 is 10.0 Å². The van der Waals surface area contributed by atoms with Crippen LogP contribution in [0.15, 0.2) is 30.3 Å². The minimum absolute atomic E-state index is 0.242. The molecule has 138 valence electrons. The maximum absolute atomic E-state index is 12.7. The van der Waals surface area contributed by atoms with Crippen LogP contribution in [-0.4, -0.2) is 55.1 Å². The largest absolute Gasteiger partial charge is 0.445 e. The van der Waals surface area contributed by atoms with Gasteiger partial charge in [0.15, 0.2) is 0 Å². The van der Waals surface area contributed by atoms with E-state index in [1.165, 1.54) is 0 Å². The van der Waals surface area contributed by atoms with E-state index in [1.54, 1.807) is 9.21 Å². The second kappa shape index (κ2) is 8.19. The summed E-state index contributed by atoms with van der Waals surface area (Å²) < 4.78 is 32.4. The summed E-state index contributed by atoms with van der Waals surface area (Å²) in [5, 5.41) is -0.372. The Morgan fingerprint density at radius 3 is 2.28 bits per heavy atom. The van der Waals surface area contributed by atoms with Gasteiger partial charge >= 0.3 is 6.09 Å². The fourth-order valence-electron chi connectivity index (χ4n) is 3.48. The molecule has 0 N–H and O–H groups in total. The molecule has 0 aliphatic carbocycles. The number of ether oxygens (including phenoxy) is 1. The summed E-state index contributed by atoms with van der Waals surface area (Å²) >= 11 is 0. The minimum atomic E-state index is -3.23. The van der Waals surface area contributed by atoms with Crippen molar-refractivity contribution in [2.24, 2.45) is 0 Å². The van der Waals surface area contributed by atoms with Gasteiger partial charge in [-0.3, -0.25) is 0 Å². The number of carbonyl (C=O) groups is 1. The highest BCUT2D eigenvalue weighted by Crippen LogP contribution is 2.24. The zero-order valence-corrected chi connectivity index (χ0v) is 15.3. The summed E-state index contributed by atoms with van der Waals surface area (Å²) in [7, 11) is -3.23. The molecular formula is C18H26N2O4S.